The van der Waals surface area contributed by atoms with E-state index in [-0.39, 0.29) is 42.0 Å². The number of nitrogens with one attached hydrogen (secondary N) is 1. The molecule has 0 spiro atoms. The van der Waals surface area contributed by atoms with Crippen molar-refractivity contribution in [2.24, 2.45) is 10.9 Å². The number of carboxylic acid groups (broad SMARTS) is 1. The quantitative estimate of drug-likeness (QED) is 0.398. The van der Waals surface area contributed by atoms with Crippen LogP contribution in [0.3, 0.4) is 0 Å². The number of carboxylic acids is 1. The number of benzene rings is 1. The lowest BCUT2D eigenvalue weighted by Gasteiger charge is -2.36. The van der Waals surface area contributed by atoms with Crippen molar-refractivity contribution in [2.75, 3.05) is 37.7 Å². The van der Waals surface area contributed by atoms with E-state index in [0.29, 0.717) is 40.8 Å². The number of carbonyl (C=O) groups is 2. The Bertz CT molecular complexity index is 1230. The molecule has 2 aliphatic rings. The summed E-state index contributed by atoms with van der Waals surface area (Å²) in [5, 5.41) is 14.6. The fourth-order valence-corrected chi connectivity index (χ4v) is 6.26. The molecule has 0 saturated carbocycles. The molecule has 1 saturated heterocycles. The normalized spacial score (nSPS) is 22.1. The molecule has 204 valence electrons. The summed E-state index contributed by atoms with van der Waals surface area (Å²) in [4.78, 5) is 35.0. The van der Waals surface area contributed by atoms with Crippen LogP contribution in [0.5, 0.6) is 0 Å². The van der Waals surface area contributed by atoms with Gasteiger partial charge in [0.25, 0.3) is 0 Å². The van der Waals surface area contributed by atoms with Gasteiger partial charge in [-0.3, -0.25) is 14.7 Å². The molecule has 2 aromatic rings. The third-order valence-electron chi connectivity index (χ3n) is 6.21. The first-order valence-corrected chi connectivity index (χ1v) is 14.4. The zero-order valence-corrected chi connectivity index (χ0v) is 22.9. The zero-order valence-electron chi connectivity index (χ0n) is 20.5. The number of ether oxygens (including phenoxy) is 1. The van der Waals surface area contributed by atoms with Crippen molar-refractivity contribution in [3.05, 3.63) is 62.5 Å². The van der Waals surface area contributed by atoms with Crippen LogP contribution in [0.4, 0.5) is 8.78 Å². The highest BCUT2D eigenvalue weighted by Gasteiger charge is 2.36. The first kappa shape index (κ1) is 28.5. The van der Waals surface area contributed by atoms with E-state index in [4.69, 9.17) is 26.4 Å². The molecule has 38 heavy (non-hydrogen) atoms. The van der Waals surface area contributed by atoms with Crippen molar-refractivity contribution in [2.45, 2.75) is 25.6 Å². The molecule has 4 rings (SSSR count). The number of rotatable bonds is 10. The third kappa shape index (κ3) is 6.90. The second-order valence-corrected chi connectivity index (χ2v) is 11.2. The number of halogens is 3. The molecule has 0 bridgehead atoms. The summed E-state index contributed by atoms with van der Waals surface area (Å²) in [5.74, 6) is -1.48. The average molecular weight is 585 g/mol. The maximum absolute atomic E-state index is 15.1. The summed E-state index contributed by atoms with van der Waals surface area (Å²) in [6.07, 6.45) is 1.04. The van der Waals surface area contributed by atoms with Gasteiger partial charge in [-0.15, -0.1) is 23.1 Å². The van der Waals surface area contributed by atoms with Crippen LogP contribution in [0.25, 0.3) is 0 Å². The lowest BCUT2D eigenvalue weighted by molar-refractivity contribution is -0.139. The number of thiazole rings is 1. The SMILES string of the molecule is CCOC(=O)C1=C(CN2CCC(CSCC(=O)O)C(F)C2)NC(c2nccs2)=N[C@H]1c1ccc(F)cc1Cl. The predicted molar refractivity (Wildman–Crippen MR) is 144 cm³/mol. The van der Waals surface area contributed by atoms with Gasteiger partial charge in [0.2, 0.25) is 0 Å². The first-order valence-electron chi connectivity index (χ1n) is 12.0. The summed E-state index contributed by atoms with van der Waals surface area (Å²) >= 11 is 8.98. The summed E-state index contributed by atoms with van der Waals surface area (Å²) < 4.78 is 34.3. The molecule has 13 heteroatoms. The number of piperidine rings is 1. The summed E-state index contributed by atoms with van der Waals surface area (Å²) in [6, 6.07) is 3.03. The highest BCUT2D eigenvalue weighted by atomic mass is 35.5. The summed E-state index contributed by atoms with van der Waals surface area (Å²) in [6.45, 7) is 2.73. The highest BCUT2D eigenvalue weighted by molar-refractivity contribution is 7.99. The van der Waals surface area contributed by atoms with Crippen molar-refractivity contribution in [1.29, 1.82) is 0 Å². The van der Waals surface area contributed by atoms with Crippen molar-refractivity contribution in [3.8, 4) is 0 Å². The van der Waals surface area contributed by atoms with E-state index in [1.54, 1.807) is 18.5 Å². The van der Waals surface area contributed by atoms with Crippen LogP contribution in [0, 0.1) is 11.7 Å². The number of nitrogens with zero attached hydrogens (tertiary/aromatic N) is 3. The van der Waals surface area contributed by atoms with Crippen molar-refractivity contribution in [1.82, 2.24) is 15.2 Å². The van der Waals surface area contributed by atoms with E-state index in [1.807, 2.05) is 4.90 Å². The van der Waals surface area contributed by atoms with Crippen LogP contribution in [0.1, 0.15) is 30.0 Å². The van der Waals surface area contributed by atoms with Crippen LogP contribution in [0.2, 0.25) is 5.02 Å². The second-order valence-electron chi connectivity index (χ2n) is 8.83. The standard InChI is InChI=1S/C25H27ClF2N4O4S2/c1-2-36-25(35)21-19(11-32-7-5-14(18(28)10-32)12-37-13-20(33)34)30-23(24-29-6-8-38-24)31-22(21)16-4-3-15(27)9-17(16)26/h3-4,6,8-9,14,18,22H,2,5,7,10-13H2,1H3,(H,30,31)(H,33,34)/t14?,18?,22-/m0/s1. The third-order valence-corrected chi connectivity index (χ3v) is 8.43. The molecule has 2 unspecified atom stereocenters. The maximum Gasteiger partial charge on any atom is 0.338 e. The van der Waals surface area contributed by atoms with Gasteiger partial charge in [0.1, 0.15) is 18.0 Å². The van der Waals surface area contributed by atoms with Gasteiger partial charge >= 0.3 is 11.9 Å². The fraction of sp³-hybridized carbons (Fsp3) is 0.440. The Morgan fingerprint density at radius 3 is 2.87 bits per heavy atom. The van der Waals surface area contributed by atoms with Crippen LogP contribution < -0.4 is 5.32 Å². The number of hydrogen-bond acceptors (Lipinski definition) is 9. The van der Waals surface area contributed by atoms with E-state index in [2.05, 4.69) is 10.3 Å². The molecule has 1 fully saturated rings. The monoisotopic (exact) mass is 584 g/mol. The molecule has 2 N–H and O–H groups in total. The highest BCUT2D eigenvalue weighted by Crippen LogP contribution is 2.37. The van der Waals surface area contributed by atoms with Crippen LogP contribution in [0.15, 0.2) is 46.0 Å². The Labute approximate surface area is 232 Å². The Morgan fingerprint density at radius 2 is 2.21 bits per heavy atom. The van der Waals surface area contributed by atoms with Crippen molar-refractivity contribution in [3.63, 3.8) is 0 Å². The second kappa shape index (κ2) is 13.0. The number of hydrogen-bond donors (Lipinski definition) is 2. The fourth-order valence-electron chi connectivity index (χ4n) is 4.44. The van der Waals surface area contributed by atoms with Gasteiger partial charge in [-0.1, -0.05) is 17.7 Å². The van der Waals surface area contributed by atoms with E-state index in [1.165, 1.54) is 41.3 Å². The van der Waals surface area contributed by atoms with Gasteiger partial charge in [0, 0.05) is 46.9 Å². The number of carbonyl (C=O) groups excluding carboxylic acids is 1. The Hall–Kier alpha value is -2.54. The molecule has 1 aromatic carbocycles. The number of amidine groups is 1. The maximum atomic E-state index is 15.1. The molecule has 0 amide bonds. The Morgan fingerprint density at radius 1 is 1.39 bits per heavy atom. The van der Waals surface area contributed by atoms with Crippen LogP contribution in [-0.2, 0) is 14.3 Å². The lowest BCUT2D eigenvalue weighted by atomic mass is 9.93. The van der Waals surface area contributed by atoms with Gasteiger partial charge in [-0.2, -0.15) is 0 Å². The molecule has 2 aliphatic heterocycles. The molecule has 0 aliphatic carbocycles. The summed E-state index contributed by atoms with van der Waals surface area (Å²) in [5.41, 5.74) is 1.14. The smallest absolute Gasteiger partial charge is 0.338 e. The molecule has 8 nitrogen and oxygen atoms in total. The van der Waals surface area contributed by atoms with Crippen LogP contribution >= 0.6 is 34.7 Å². The molecule has 3 atom stereocenters. The van der Waals surface area contributed by atoms with E-state index in [9.17, 15) is 14.0 Å². The minimum Gasteiger partial charge on any atom is -0.481 e. The van der Waals surface area contributed by atoms with Gasteiger partial charge in [-0.25, -0.2) is 18.6 Å². The topological polar surface area (TPSA) is 104 Å². The average Bonchev–Trinajstić information content (AvgIpc) is 3.40. The van der Waals surface area contributed by atoms with E-state index >= 15 is 4.39 Å². The molecule has 3 heterocycles. The van der Waals surface area contributed by atoms with E-state index in [0.717, 1.165) is 0 Å². The van der Waals surface area contributed by atoms with Crippen LogP contribution in [-0.4, -0.2) is 76.7 Å². The van der Waals surface area contributed by atoms with Gasteiger partial charge < -0.3 is 15.2 Å². The molecule has 0 radical (unpaired) electrons. The number of aromatic nitrogens is 1. The molecular formula is C25H27ClF2N4O4S2. The Balaban J connectivity index is 1.64. The molecular weight excluding hydrogens is 558 g/mol. The predicted octanol–water partition coefficient (Wildman–Crippen LogP) is 4.32. The number of thioether (sulfide) groups is 1. The van der Waals surface area contributed by atoms with Gasteiger partial charge in [-0.05, 0) is 37.8 Å². The zero-order chi connectivity index (χ0) is 27.2. The Kier molecular flexibility index (Phi) is 9.74. The van der Waals surface area contributed by atoms with Gasteiger partial charge in [0.05, 0.1) is 17.9 Å². The minimum atomic E-state index is -1.14. The van der Waals surface area contributed by atoms with Crippen molar-refractivity contribution >= 4 is 52.5 Å². The lowest BCUT2D eigenvalue weighted by Crippen LogP contribution is -2.46. The number of esters is 1. The van der Waals surface area contributed by atoms with Crippen molar-refractivity contribution < 1.29 is 28.2 Å². The first-order chi connectivity index (χ1) is 18.3. The largest absolute Gasteiger partial charge is 0.481 e. The molecule has 1 aromatic heterocycles. The number of aliphatic imine (C=N–C) groups is 1. The number of aliphatic carboxylic acids is 1. The number of likely N-dealkylation sites (tertiary alicyclic amines) is 1. The number of alkyl halides is 1. The van der Waals surface area contributed by atoms with Gasteiger partial charge in [0.15, 0.2) is 10.8 Å². The summed E-state index contributed by atoms with van der Waals surface area (Å²) in [7, 11) is 0. The minimum absolute atomic E-state index is 0.0567. The van der Waals surface area contributed by atoms with E-state index < -0.39 is 30.0 Å².